The smallest absolute Gasteiger partial charge is 0.416 e. The Morgan fingerprint density at radius 3 is 2.35 bits per heavy atom. The van der Waals surface area contributed by atoms with Crippen LogP contribution < -0.4 is 10.2 Å². The molecule has 2 atom stereocenters. The molecule has 0 radical (unpaired) electrons. The molecule has 0 saturated heterocycles. The Hall–Kier alpha value is -4.93. The third-order valence-electron chi connectivity index (χ3n) is 7.20. The van der Waals surface area contributed by atoms with E-state index >= 15 is 0 Å². The number of anilines is 1. The van der Waals surface area contributed by atoms with Crippen LogP contribution in [0.1, 0.15) is 52.5 Å². The van der Waals surface area contributed by atoms with Gasteiger partial charge in [-0.2, -0.15) is 18.3 Å². The lowest BCUT2D eigenvalue weighted by atomic mass is 9.80. The van der Waals surface area contributed by atoms with E-state index in [4.69, 9.17) is 9.84 Å². The molecule has 5 rings (SSSR count). The molecule has 11 heteroatoms. The summed E-state index contributed by atoms with van der Waals surface area (Å²) in [5, 5.41) is 7.48. The summed E-state index contributed by atoms with van der Waals surface area (Å²) in [4.78, 5) is 29.1. The number of aromatic nitrogens is 2. The van der Waals surface area contributed by atoms with E-state index in [9.17, 15) is 27.2 Å². The van der Waals surface area contributed by atoms with E-state index in [-0.39, 0.29) is 24.5 Å². The van der Waals surface area contributed by atoms with Gasteiger partial charge in [0.15, 0.2) is 0 Å². The molecule has 1 N–H and O–H groups in total. The SMILES string of the molecule is C=C(OCC)c1nn(-c2ccccc2)c2c1[C@@H](c1ccc(F)cc1)[C@@H](NC(=O)c1cccc(C(F)(F)F)c1)C(=O)N2CC. The lowest BCUT2D eigenvalue weighted by Crippen LogP contribution is -2.55. The van der Waals surface area contributed by atoms with Crippen molar-refractivity contribution in [3.8, 4) is 5.69 Å². The largest absolute Gasteiger partial charge is 0.492 e. The molecule has 1 aromatic heterocycles. The molecule has 2 amide bonds. The average molecular weight is 593 g/mol. The van der Waals surface area contributed by atoms with Crippen molar-refractivity contribution < 1.29 is 31.9 Å². The van der Waals surface area contributed by atoms with Crippen LogP contribution in [0.5, 0.6) is 0 Å². The molecule has 1 aliphatic rings. The number of para-hydroxylation sites is 1. The van der Waals surface area contributed by atoms with Crippen molar-refractivity contribution in [2.45, 2.75) is 32.0 Å². The molecule has 0 spiro atoms. The monoisotopic (exact) mass is 592 g/mol. The minimum atomic E-state index is -4.66. The zero-order valence-electron chi connectivity index (χ0n) is 23.4. The van der Waals surface area contributed by atoms with Gasteiger partial charge in [-0.05, 0) is 61.9 Å². The Bertz CT molecular complexity index is 1670. The topological polar surface area (TPSA) is 76.5 Å². The summed E-state index contributed by atoms with van der Waals surface area (Å²) in [6.07, 6.45) is -4.66. The van der Waals surface area contributed by atoms with Crippen molar-refractivity contribution in [2.75, 3.05) is 18.1 Å². The third kappa shape index (κ3) is 5.62. The molecule has 0 bridgehead atoms. The van der Waals surface area contributed by atoms with Crippen LogP contribution in [0.15, 0.2) is 85.4 Å². The molecule has 0 unspecified atom stereocenters. The molecule has 4 aromatic rings. The molecule has 7 nitrogen and oxygen atoms in total. The van der Waals surface area contributed by atoms with Crippen molar-refractivity contribution in [3.63, 3.8) is 0 Å². The summed E-state index contributed by atoms with van der Waals surface area (Å²) in [7, 11) is 0. The van der Waals surface area contributed by atoms with Crippen LogP contribution in [0, 0.1) is 5.82 Å². The predicted molar refractivity (Wildman–Crippen MR) is 153 cm³/mol. The maximum Gasteiger partial charge on any atom is 0.416 e. The van der Waals surface area contributed by atoms with Crippen molar-refractivity contribution in [1.82, 2.24) is 15.1 Å². The van der Waals surface area contributed by atoms with Crippen LogP contribution in [0.3, 0.4) is 0 Å². The minimum Gasteiger partial charge on any atom is -0.492 e. The molecule has 3 aromatic carbocycles. The Labute approximate surface area is 245 Å². The van der Waals surface area contributed by atoms with E-state index in [1.54, 1.807) is 18.5 Å². The molecule has 0 saturated carbocycles. The number of amides is 2. The van der Waals surface area contributed by atoms with E-state index in [0.29, 0.717) is 28.3 Å². The van der Waals surface area contributed by atoms with Crippen molar-refractivity contribution in [2.24, 2.45) is 0 Å². The van der Waals surface area contributed by atoms with Gasteiger partial charge in [0.2, 0.25) is 0 Å². The highest BCUT2D eigenvalue weighted by Gasteiger charge is 2.47. The number of nitrogens with zero attached hydrogens (tertiary/aromatic N) is 3. The highest BCUT2D eigenvalue weighted by molar-refractivity contribution is 6.06. The van der Waals surface area contributed by atoms with Crippen molar-refractivity contribution in [3.05, 3.63) is 119 Å². The number of ether oxygens (including phenoxy) is 1. The summed E-state index contributed by atoms with van der Waals surface area (Å²) >= 11 is 0. The van der Waals surface area contributed by atoms with Gasteiger partial charge in [-0.15, -0.1) is 0 Å². The molecular formula is C32H28F4N4O3. The molecule has 0 fully saturated rings. The van der Waals surface area contributed by atoms with E-state index in [2.05, 4.69) is 11.9 Å². The average Bonchev–Trinajstić information content (AvgIpc) is 3.38. The Morgan fingerprint density at radius 1 is 1.02 bits per heavy atom. The third-order valence-corrected chi connectivity index (χ3v) is 7.20. The molecular weight excluding hydrogens is 564 g/mol. The van der Waals surface area contributed by atoms with Gasteiger partial charge < -0.3 is 10.1 Å². The van der Waals surface area contributed by atoms with E-state index in [1.165, 1.54) is 35.2 Å². The van der Waals surface area contributed by atoms with Gasteiger partial charge in [0.25, 0.3) is 11.8 Å². The van der Waals surface area contributed by atoms with Crippen LogP contribution in [0.25, 0.3) is 11.4 Å². The number of carbonyl (C=O) groups excluding carboxylic acids is 2. The Balaban J connectivity index is 1.72. The zero-order valence-corrected chi connectivity index (χ0v) is 23.4. The second-order valence-electron chi connectivity index (χ2n) is 9.83. The summed E-state index contributed by atoms with van der Waals surface area (Å²) in [5.74, 6) is -2.20. The second kappa shape index (κ2) is 11.7. The summed E-state index contributed by atoms with van der Waals surface area (Å²) < 4.78 is 61.6. The number of halogens is 4. The number of likely N-dealkylation sites (N-methyl/N-ethyl adjacent to an activating group) is 1. The fraction of sp³-hybridized carbons (Fsp3) is 0.219. The quantitative estimate of drug-likeness (QED) is 0.192. The molecule has 2 heterocycles. The maximum atomic E-state index is 14.2. The Kier molecular flexibility index (Phi) is 8.08. The molecule has 43 heavy (non-hydrogen) atoms. The van der Waals surface area contributed by atoms with Gasteiger partial charge in [0.1, 0.15) is 29.1 Å². The first kappa shape index (κ1) is 29.6. The van der Waals surface area contributed by atoms with E-state index in [0.717, 1.165) is 18.2 Å². The summed E-state index contributed by atoms with van der Waals surface area (Å²) in [6, 6.07) is 17.2. The lowest BCUT2D eigenvalue weighted by Gasteiger charge is -2.38. The van der Waals surface area contributed by atoms with Crippen molar-refractivity contribution >= 4 is 23.4 Å². The van der Waals surface area contributed by atoms with Crippen molar-refractivity contribution in [1.29, 1.82) is 0 Å². The summed E-state index contributed by atoms with van der Waals surface area (Å²) in [5.41, 5.74) is 0.656. The van der Waals surface area contributed by atoms with Crippen LogP contribution in [-0.2, 0) is 15.7 Å². The standard InChI is InChI=1S/C32H28F4N4O3/c1-4-39-30-26(27(19(3)43-5-2)38-40(30)24-12-7-6-8-13-24)25(20-14-16-23(33)17-15-20)28(31(39)42)37-29(41)21-10-9-11-22(18-21)32(34,35)36/h6-18,25,28H,3-5H2,1-2H3,(H,37,41)/t25-,28-/m1/s1. The van der Waals surface area contributed by atoms with Gasteiger partial charge in [0, 0.05) is 23.6 Å². The molecule has 1 aliphatic heterocycles. The first-order valence-electron chi connectivity index (χ1n) is 13.6. The van der Waals surface area contributed by atoms with Crippen LogP contribution in [0.2, 0.25) is 0 Å². The summed E-state index contributed by atoms with van der Waals surface area (Å²) in [6.45, 7) is 8.04. The van der Waals surface area contributed by atoms with Gasteiger partial charge in [-0.25, -0.2) is 9.07 Å². The highest BCUT2D eigenvalue weighted by Crippen LogP contribution is 2.45. The lowest BCUT2D eigenvalue weighted by molar-refractivity contribution is -0.137. The number of nitrogens with one attached hydrogen (secondary N) is 1. The van der Waals surface area contributed by atoms with Gasteiger partial charge in [-0.1, -0.05) is 43.0 Å². The van der Waals surface area contributed by atoms with Crippen LogP contribution >= 0.6 is 0 Å². The molecule has 222 valence electrons. The van der Waals surface area contributed by atoms with E-state index < -0.39 is 41.3 Å². The van der Waals surface area contributed by atoms with Gasteiger partial charge in [0.05, 0.1) is 17.9 Å². The van der Waals surface area contributed by atoms with E-state index in [1.807, 2.05) is 30.3 Å². The molecule has 0 aliphatic carbocycles. The maximum absolute atomic E-state index is 14.2. The zero-order chi connectivity index (χ0) is 30.9. The predicted octanol–water partition coefficient (Wildman–Crippen LogP) is 6.33. The number of fused-ring (bicyclic) bond motifs is 1. The highest BCUT2D eigenvalue weighted by atomic mass is 19.4. The normalized spacial score (nSPS) is 16.5. The number of carbonyl (C=O) groups is 2. The number of hydrogen-bond donors (Lipinski definition) is 1. The first-order chi connectivity index (χ1) is 20.5. The van der Waals surface area contributed by atoms with Gasteiger partial charge in [-0.3, -0.25) is 14.5 Å². The van der Waals surface area contributed by atoms with Crippen LogP contribution in [-0.4, -0.2) is 40.8 Å². The minimum absolute atomic E-state index is 0.178. The number of benzene rings is 3. The van der Waals surface area contributed by atoms with Crippen LogP contribution in [0.4, 0.5) is 23.4 Å². The fourth-order valence-corrected chi connectivity index (χ4v) is 5.29. The second-order valence-corrected chi connectivity index (χ2v) is 9.83. The first-order valence-corrected chi connectivity index (χ1v) is 13.6. The Morgan fingerprint density at radius 2 is 1.72 bits per heavy atom. The number of alkyl halides is 3. The number of rotatable bonds is 8. The van der Waals surface area contributed by atoms with Gasteiger partial charge >= 0.3 is 6.18 Å². The number of hydrogen-bond acceptors (Lipinski definition) is 4. The fourth-order valence-electron chi connectivity index (χ4n) is 5.29.